The van der Waals surface area contributed by atoms with E-state index in [9.17, 15) is 5.21 Å². The molecule has 1 aliphatic rings. The maximum Gasteiger partial charge on any atom is 0.194 e. The highest BCUT2D eigenvalue weighted by Crippen LogP contribution is 2.37. The molecule has 1 aromatic rings. The Morgan fingerprint density at radius 3 is 3.00 bits per heavy atom. The molecule has 0 radical (unpaired) electrons. The van der Waals surface area contributed by atoms with Gasteiger partial charge in [0.05, 0.1) is 7.11 Å². The number of nitrogens with one attached hydrogen (secondary N) is 1. The van der Waals surface area contributed by atoms with Crippen molar-refractivity contribution in [3.05, 3.63) is 17.3 Å². The van der Waals surface area contributed by atoms with Crippen molar-refractivity contribution in [1.29, 1.82) is 0 Å². The van der Waals surface area contributed by atoms with Crippen LogP contribution < -0.4 is 15.5 Å². The molecule has 0 aliphatic carbocycles. The molecule has 68 valence electrons. The van der Waals surface area contributed by atoms with Crippen molar-refractivity contribution in [2.75, 3.05) is 12.8 Å². The Morgan fingerprint density at radius 1 is 1.54 bits per heavy atom. The molecule has 0 amide bonds. The van der Waals surface area contributed by atoms with Gasteiger partial charge in [0.25, 0.3) is 0 Å². The molecule has 0 spiro atoms. The SMILES string of the molecule is COc1ccc2c(c1N)N=C[NH+]2[O-]. The van der Waals surface area contributed by atoms with Gasteiger partial charge in [-0.3, -0.25) is 5.06 Å². The molecule has 5 nitrogen and oxygen atoms in total. The normalized spacial score (nSPS) is 18.8. The first-order valence-corrected chi connectivity index (χ1v) is 3.79. The van der Waals surface area contributed by atoms with E-state index in [4.69, 9.17) is 10.5 Å². The third kappa shape index (κ3) is 1.06. The number of fused-ring (bicyclic) bond motifs is 1. The number of hydrogen-bond acceptors (Lipinski definition) is 4. The molecule has 1 aromatic carbocycles. The number of ether oxygens (including phenoxy) is 1. The fourth-order valence-corrected chi connectivity index (χ4v) is 1.30. The second-order valence-corrected chi connectivity index (χ2v) is 2.70. The second-order valence-electron chi connectivity index (χ2n) is 2.70. The lowest BCUT2D eigenvalue weighted by Gasteiger charge is -2.12. The van der Waals surface area contributed by atoms with E-state index in [1.54, 1.807) is 12.1 Å². The van der Waals surface area contributed by atoms with Crippen LogP contribution in [0.1, 0.15) is 0 Å². The van der Waals surface area contributed by atoms with Gasteiger partial charge in [-0.1, -0.05) is 0 Å². The van der Waals surface area contributed by atoms with Crippen molar-refractivity contribution in [2.24, 2.45) is 4.99 Å². The fraction of sp³-hybridized carbons (Fsp3) is 0.125. The summed E-state index contributed by atoms with van der Waals surface area (Å²) in [7, 11) is 1.53. The summed E-state index contributed by atoms with van der Waals surface area (Å²) in [6.45, 7) is 0. The first-order chi connectivity index (χ1) is 6.24. The third-order valence-electron chi connectivity index (χ3n) is 1.97. The van der Waals surface area contributed by atoms with Gasteiger partial charge >= 0.3 is 0 Å². The maximum absolute atomic E-state index is 11.2. The lowest BCUT2D eigenvalue weighted by molar-refractivity contribution is -0.655. The number of nitrogens with two attached hydrogens (primary N) is 1. The second kappa shape index (κ2) is 2.72. The van der Waals surface area contributed by atoms with Crippen LogP contribution in [0.4, 0.5) is 17.1 Å². The minimum atomic E-state index is -0.107. The first kappa shape index (κ1) is 8.03. The Hall–Kier alpha value is -1.59. The quantitative estimate of drug-likeness (QED) is 0.469. The standard InChI is InChI=1S/C8H9N3O2/c1-13-6-3-2-5-8(7(6)9)10-4-11(5)12/h2-4,11H,9H2,1H3. The first-order valence-electron chi connectivity index (χ1n) is 3.79. The number of benzene rings is 1. The Balaban J connectivity index is 2.59. The van der Waals surface area contributed by atoms with Gasteiger partial charge < -0.3 is 15.7 Å². The van der Waals surface area contributed by atoms with Gasteiger partial charge in [-0.05, 0) is 6.07 Å². The van der Waals surface area contributed by atoms with Crippen molar-refractivity contribution < 1.29 is 9.80 Å². The summed E-state index contributed by atoms with van der Waals surface area (Å²) in [5.41, 5.74) is 7.19. The molecular weight excluding hydrogens is 170 g/mol. The lowest BCUT2D eigenvalue weighted by atomic mass is 10.2. The molecule has 0 saturated heterocycles. The van der Waals surface area contributed by atoms with Crippen LogP contribution in [0.5, 0.6) is 5.75 Å². The summed E-state index contributed by atoms with van der Waals surface area (Å²) in [6.07, 6.45) is 1.26. The summed E-state index contributed by atoms with van der Waals surface area (Å²) in [5.74, 6) is 0.547. The van der Waals surface area contributed by atoms with Crippen LogP contribution in [0.2, 0.25) is 0 Å². The van der Waals surface area contributed by atoms with Gasteiger partial charge in [0.15, 0.2) is 17.7 Å². The van der Waals surface area contributed by atoms with Crippen molar-refractivity contribution in [1.82, 2.24) is 0 Å². The minimum Gasteiger partial charge on any atom is -0.623 e. The Kier molecular flexibility index (Phi) is 1.68. The van der Waals surface area contributed by atoms with Gasteiger partial charge in [-0.25, -0.2) is 0 Å². The number of quaternary nitrogens is 1. The van der Waals surface area contributed by atoms with E-state index < -0.39 is 0 Å². The Morgan fingerprint density at radius 2 is 2.31 bits per heavy atom. The molecule has 0 bridgehead atoms. The molecule has 0 aromatic heterocycles. The van der Waals surface area contributed by atoms with Gasteiger partial charge in [0, 0.05) is 6.07 Å². The van der Waals surface area contributed by atoms with Gasteiger partial charge in [0.2, 0.25) is 0 Å². The van der Waals surface area contributed by atoms with Crippen LogP contribution in [0.25, 0.3) is 0 Å². The summed E-state index contributed by atoms with van der Waals surface area (Å²) in [5, 5.41) is 11.1. The van der Waals surface area contributed by atoms with Crippen LogP contribution in [0.3, 0.4) is 0 Å². The summed E-state index contributed by atoms with van der Waals surface area (Å²) < 4.78 is 5.00. The molecule has 1 unspecified atom stereocenters. The van der Waals surface area contributed by atoms with E-state index in [1.165, 1.54) is 13.4 Å². The number of hydrogen-bond donors (Lipinski definition) is 2. The zero-order chi connectivity index (χ0) is 9.42. The van der Waals surface area contributed by atoms with E-state index in [1.807, 2.05) is 0 Å². The number of anilines is 1. The highest BCUT2D eigenvalue weighted by atomic mass is 16.5. The molecular formula is C8H9N3O2. The average Bonchev–Trinajstić information content (AvgIpc) is 2.50. The zero-order valence-corrected chi connectivity index (χ0v) is 7.07. The average molecular weight is 179 g/mol. The van der Waals surface area contributed by atoms with E-state index in [0.29, 0.717) is 22.8 Å². The van der Waals surface area contributed by atoms with Crippen LogP contribution in [0.15, 0.2) is 17.1 Å². The van der Waals surface area contributed by atoms with Crippen molar-refractivity contribution >= 4 is 23.4 Å². The van der Waals surface area contributed by atoms with Crippen molar-refractivity contribution in [3.8, 4) is 5.75 Å². The number of nitrogen functional groups attached to an aromatic ring is 1. The smallest absolute Gasteiger partial charge is 0.194 e. The molecule has 3 N–H and O–H groups in total. The summed E-state index contributed by atoms with van der Waals surface area (Å²) in [6, 6.07) is 3.33. The van der Waals surface area contributed by atoms with Crippen LogP contribution >= 0.6 is 0 Å². The van der Waals surface area contributed by atoms with Crippen LogP contribution in [-0.2, 0) is 0 Å². The molecule has 1 atom stereocenters. The molecule has 1 heterocycles. The summed E-state index contributed by atoms with van der Waals surface area (Å²) >= 11 is 0. The molecule has 2 rings (SSSR count). The lowest BCUT2D eigenvalue weighted by Crippen LogP contribution is -2.99. The highest BCUT2D eigenvalue weighted by Gasteiger charge is 2.19. The monoisotopic (exact) mass is 179 g/mol. The summed E-state index contributed by atoms with van der Waals surface area (Å²) in [4.78, 5) is 3.91. The third-order valence-corrected chi connectivity index (χ3v) is 1.97. The topological polar surface area (TPSA) is 75.1 Å². The van der Waals surface area contributed by atoms with E-state index >= 15 is 0 Å². The molecule has 0 saturated carbocycles. The number of methoxy groups -OCH3 is 1. The number of aliphatic imine (C=N–C) groups is 1. The number of nitrogens with zero attached hydrogens (tertiary/aromatic N) is 1. The van der Waals surface area contributed by atoms with Crippen LogP contribution in [0, 0.1) is 5.21 Å². The van der Waals surface area contributed by atoms with Crippen molar-refractivity contribution in [3.63, 3.8) is 0 Å². The Bertz CT molecular complexity index is 376. The Labute approximate surface area is 75.0 Å². The van der Waals surface area contributed by atoms with E-state index in [0.717, 1.165) is 0 Å². The molecule has 5 heteroatoms. The number of rotatable bonds is 1. The molecule has 13 heavy (non-hydrogen) atoms. The minimum absolute atomic E-state index is 0.107. The predicted molar refractivity (Wildman–Crippen MR) is 49.5 cm³/mol. The maximum atomic E-state index is 11.2. The highest BCUT2D eigenvalue weighted by molar-refractivity contribution is 5.85. The molecule has 0 fully saturated rings. The predicted octanol–water partition coefficient (Wildman–Crippen LogP) is -0.0350. The van der Waals surface area contributed by atoms with Crippen LogP contribution in [-0.4, -0.2) is 13.4 Å². The van der Waals surface area contributed by atoms with E-state index in [-0.39, 0.29) is 5.06 Å². The van der Waals surface area contributed by atoms with Crippen molar-refractivity contribution in [2.45, 2.75) is 0 Å². The van der Waals surface area contributed by atoms with E-state index in [2.05, 4.69) is 4.99 Å². The van der Waals surface area contributed by atoms with Gasteiger partial charge in [0.1, 0.15) is 11.4 Å². The van der Waals surface area contributed by atoms with Gasteiger partial charge in [-0.15, -0.1) is 0 Å². The number of hydroxylamine groups is 1. The fourth-order valence-electron chi connectivity index (χ4n) is 1.30. The van der Waals surface area contributed by atoms with Gasteiger partial charge in [-0.2, -0.15) is 4.99 Å². The largest absolute Gasteiger partial charge is 0.623 e. The zero-order valence-electron chi connectivity index (χ0n) is 7.07. The molecule has 1 aliphatic heterocycles.